The first-order chi connectivity index (χ1) is 12.6. The van der Waals surface area contributed by atoms with Crippen LogP contribution in [0.1, 0.15) is 16.8 Å². The van der Waals surface area contributed by atoms with E-state index in [2.05, 4.69) is 4.74 Å². The van der Waals surface area contributed by atoms with Crippen LogP contribution in [0, 0.1) is 6.92 Å². The van der Waals surface area contributed by atoms with Crippen LogP contribution >= 0.6 is 11.6 Å². The van der Waals surface area contributed by atoms with E-state index in [0.717, 1.165) is 16.6 Å². The first-order valence-corrected chi connectivity index (χ1v) is 8.35. The number of carbonyl (C=O) groups is 1. The summed E-state index contributed by atoms with van der Waals surface area (Å²) >= 11 is 6.08. The van der Waals surface area contributed by atoms with Crippen LogP contribution in [0.15, 0.2) is 42.5 Å². The number of rotatable bonds is 5. The van der Waals surface area contributed by atoms with E-state index in [1.807, 2.05) is 4.57 Å². The molecule has 142 valence electrons. The highest BCUT2D eigenvalue weighted by molar-refractivity contribution is 6.31. The maximum Gasteiger partial charge on any atom is 0.573 e. The maximum absolute atomic E-state index is 12.4. The Kier molecular flexibility index (Phi) is 5.06. The summed E-state index contributed by atoms with van der Waals surface area (Å²) in [5.41, 5.74) is 2.67. The van der Waals surface area contributed by atoms with E-state index >= 15 is 0 Å². The summed E-state index contributed by atoms with van der Waals surface area (Å²) < 4.78 is 43.1. The predicted octanol–water partition coefficient (Wildman–Crippen LogP) is 5.18. The Balaban J connectivity index is 2.04. The summed E-state index contributed by atoms with van der Waals surface area (Å²) in [5, 5.41) is 10.4. The Morgan fingerprint density at radius 2 is 1.96 bits per heavy atom. The fourth-order valence-electron chi connectivity index (χ4n) is 3.12. The van der Waals surface area contributed by atoms with Crippen molar-refractivity contribution < 1.29 is 27.8 Å². The molecule has 2 aromatic carbocycles. The van der Waals surface area contributed by atoms with Gasteiger partial charge in [-0.05, 0) is 42.3 Å². The molecule has 0 aliphatic carbocycles. The Morgan fingerprint density at radius 3 is 2.63 bits per heavy atom. The van der Waals surface area contributed by atoms with Gasteiger partial charge in [-0.3, -0.25) is 4.79 Å². The van der Waals surface area contributed by atoms with Gasteiger partial charge in [0.05, 0.1) is 11.9 Å². The highest BCUT2D eigenvalue weighted by atomic mass is 35.5. The van der Waals surface area contributed by atoms with E-state index < -0.39 is 12.3 Å². The lowest BCUT2D eigenvalue weighted by atomic mass is 10.1. The van der Waals surface area contributed by atoms with Gasteiger partial charge in [0.15, 0.2) is 0 Å². The summed E-state index contributed by atoms with van der Waals surface area (Å²) in [5.74, 6) is -1.27. The summed E-state index contributed by atoms with van der Waals surface area (Å²) in [4.78, 5) is 11.2. The number of carboxylic acids is 1. The Labute approximate surface area is 157 Å². The van der Waals surface area contributed by atoms with Gasteiger partial charge in [-0.15, -0.1) is 13.2 Å². The first kappa shape index (κ1) is 19.1. The van der Waals surface area contributed by atoms with Gasteiger partial charge in [0.2, 0.25) is 0 Å². The molecule has 0 spiro atoms. The van der Waals surface area contributed by atoms with Crippen molar-refractivity contribution in [3.8, 4) is 5.75 Å². The topological polar surface area (TPSA) is 51.5 Å². The van der Waals surface area contributed by atoms with E-state index in [1.165, 1.54) is 18.2 Å². The summed E-state index contributed by atoms with van der Waals surface area (Å²) in [7, 11) is 0. The average Bonchev–Trinajstić information content (AvgIpc) is 2.78. The van der Waals surface area contributed by atoms with Gasteiger partial charge in [-0.1, -0.05) is 29.8 Å². The molecule has 3 aromatic rings. The smallest absolute Gasteiger partial charge is 0.481 e. The fraction of sp³-hybridized carbons (Fsp3) is 0.211. The minimum Gasteiger partial charge on any atom is -0.481 e. The van der Waals surface area contributed by atoms with Gasteiger partial charge < -0.3 is 14.4 Å². The van der Waals surface area contributed by atoms with Crippen molar-refractivity contribution >= 4 is 28.5 Å². The van der Waals surface area contributed by atoms with Gasteiger partial charge in [0.25, 0.3) is 0 Å². The molecule has 0 saturated heterocycles. The van der Waals surface area contributed by atoms with Crippen LogP contribution in [0.4, 0.5) is 13.2 Å². The number of carboxylic acid groups (broad SMARTS) is 1. The molecule has 0 saturated carbocycles. The van der Waals surface area contributed by atoms with Gasteiger partial charge >= 0.3 is 12.3 Å². The molecule has 3 rings (SSSR count). The maximum atomic E-state index is 12.4. The molecule has 1 heterocycles. The molecular weight excluding hydrogens is 383 g/mol. The lowest BCUT2D eigenvalue weighted by Gasteiger charge is -2.12. The number of hydrogen-bond acceptors (Lipinski definition) is 2. The molecule has 0 amide bonds. The van der Waals surface area contributed by atoms with E-state index in [9.17, 15) is 23.1 Å². The lowest BCUT2D eigenvalue weighted by molar-refractivity contribution is -0.274. The number of aromatic nitrogens is 1. The van der Waals surface area contributed by atoms with Gasteiger partial charge in [0.1, 0.15) is 5.75 Å². The minimum atomic E-state index is -4.77. The van der Waals surface area contributed by atoms with Crippen molar-refractivity contribution in [3.63, 3.8) is 0 Å². The van der Waals surface area contributed by atoms with Gasteiger partial charge in [0, 0.05) is 22.6 Å². The van der Waals surface area contributed by atoms with Crippen LogP contribution in [0.3, 0.4) is 0 Å². The van der Waals surface area contributed by atoms with Crippen molar-refractivity contribution in [1.82, 2.24) is 4.57 Å². The third-order valence-electron chi connectivity index (χ3n) is 4.22. The number of halogens is 4. The molecule has 4 nitrogen and oxygen atoms in total. The number of benzene rings is 2. The second-order valence-corrected chi connectivity index (χ2v) is 6.51. The van der Waals surface area contributed by atoms with Crippen LogP contribution in [0.5, 0.6) is 5.75 Å². The van der Waals surface area contributed by atoms with Crippen LogP contribution < -0.4 is 4.74 Å². The van der Waals surface area contributed by atoms with Crippen LogP contribution in [0.25, 0.3) is 10.9 Å². The highest BCUT2D eigenvalue weighted by Gasteiger charge is 2.31. The SMILES string of the molecule is Cc1c(CC(=O)O)c2ccc(Cl)cc2n1Cc1cccc(OC(F)(F)F)c1. The zero-order chi connectivity index (χ0) is 19.8. The highest BCUT2D eigenvalue weighted by Crippen LogP contribution is 2.30. The summed E-state index contributed by atoms with van der Waals surface area (Å²) in [6.45, 7) is 2.03. The van der Waals surface area contributed by atoms with Gasteiger partial charge in [-0.2, -0.15) is 0 Å². The van der Waals surface area contributed by atoms with Gasteiger partial charge in [-0.25, -0.2) is 0 Å². The minimum absolute atomic E-state index is 0.159. The summed E-state index contributed by atoms with van der Waals surface area (Å²) in [6, 6.07) is 10.8. The van der Waals surface area contributed by atoms with Crippen LogP contribution in [-0.2, 0) is 17.8 Å². The molecule has 0 fully saturated rings. The normalized spacial score (nSPS) is 11.7. The first-order valence-electron chi connectivity index (χ1n) is 7.98. The molecule has 1 N–H and O–H groups in total. The van der Waals surface area contributed by atoms with Crippen molar-refractivity contribution in [3.05, 3.63) is 64.3 Å². The molecule has 8 heteroatoms. The van der Waals surface area contributed by atoms with E-state index in [-0.39, 0.29) is 18.7 Å². The monoisotopic (exact) mass is 397 g/mol. The van der Waals surface area contributed by atoms with Crippen molar-refractivity contribution in [2.75, 3.05) is 0 Å². The quantitative estimate of drug-likeness (QED) is 0.645. The Bertz CT molecular complexity index is 1010. The fourth-order valence-corrected chi connectivity index (χ4v) is 3.29. The Hall–Kier alpha value is -2.67. The number of hydrogen-bond donors (Lipinski definition) is 1. The molecule has 0 atom stereocenters. The zero-order valence-corrected chi connectivity index (χ0v) is 14.9. The molecule has 1 aromatic heterocycles. The molecule has 0 aliphatic rings. The van der Waals surface area contributed by atoms with Crippen molar-refractivity contribution in [1.29, 1.82) is 0 Å². The average molecular weight is 398 g/mol. The van der Waals surface area contributed by atoms with Crippen molar-refractivity contribution in [2.45, 2.75) is 26.3 Å². The van der Waals surface area contributed by atoms with Crippen LogP contribution in [-0.4, -0.2) is 22.0 Å². The third kappa shape index (κ3) is 4.36. The second-order valence-electron chi connectivity index (χ2n) is 6.08. The molecular formula is C19H15ClF3NO3. The number of ether oxygens (including phenoxy) is 1. The molecule has 0 bridgehead atoms. The van der Waals surface area contributed by atoms with Crippen molar-refractivity contribution in [2.24, 2.45) is 0 Å². The molecule has 0 radical (unpaired) electrons. The van der Waals surface area contributed by atoms with Crippen LogP contribution in [0.2, 0.25) is 5.02 Å². The zero-order valence-electron chi connectivity index (χ0n) is 14.2. The molecule has 27 heavy (non-hydrogen) atoms. The molecule has 0 aliphatic heterocycles. The largest absolute Gasteiger partial charge is 0.573 e. The summed E-state index contributed by atoms with van der Waals surface area (Å²) in [6.07, 6.45) is -4.93. The number of aliphatic carboxylic acids is 1. The van der Waals surface area contributed by atoms with E-state index in [4.69, 9.17) is 11.6 Å². The predicted molar refractivity (Wildman–Crippen MR) is 95.3 cm³/mol. The number of fused-ring (bicyclic) bond motifs is 1. The number of nitrogens with zero attached hydrogens (tertiary/aromatic N) is 1. The molecule has 0 unspecified atom stereocenters. The standard InChI is InChI=1S/C19H15ClF3NO3/c1-11-16(9-18(25)26)15-6-5-13(20)8-17(15)24(11)10-12-3-2-4-14(7-12)27-19(21,22)23/h2-8H,9-10H2,1H3,(H,25,26). The van der Waals surface area contributed by atoms with E-state index in [0.29, 0.717) is 16.1 Å². The second kappa shape index (κ2) is 7.15. The van der Waals surface area contributed by atoms with E-state index in [1.54, 1.807) is 31.2 Å². The number of alkyl halides is 3. The Morgan fingerprint density at radius 1 is 1.22 bits per heavy atom. The third-order valence-corrected chi connectivity index (χ3v) is 4.45. The lowest BCUT2D eigenvalue weighted by Crippen LogP contribution is -2.17.